The Balaban J connectivity index is 1.46. The van der Waals surface area contributed by atoms with E-state index < -0.39 is 5.60 Å². The lowest BCUT2D eigenvalue weighted by Gasteiger charge is -2.62. The van der Waals surface area contributed by atoms with E-state index in [1.54, 1.807) is 0 Å². The fourth-order valence-electron chi connectivity index (χ4n) is 9.64. The third-order valence-electron chi connectivity index (χ3n) is 11.2. The van der Waals surface area contributed by atoms with Crippen LogP contribution in [0.5, 0.6) is 0 Å². The van der Waals surface area contributed by atoms with Gasteiger partial charge in [0.1, 0.15) is 6.10 Å². The van der Waals surface area contributed by atoms with E-state index in [0.717, 1.165) is 50.4 Å². The van der Waals surface area contributed by atoms with E-state index in [9.17, 15) is 15.0 Å². The van der Waals surface area contributed by atoms with Crippen LogP contribution >= 0.6 is 0 Å². The van der Waals surface area contributed by atoms with Crippen molar-refractivity contribution in [2.45, 2.75) is 130 Å². The van der Waals surface area contributed by atoms with E-state index >= 15 is 0 Å². The zero-order valence-electron chi connectivity index (χ0n) is 22.1. The highest BCUT2D eigenvalue weighted by Crippen LogP contribution is 2.68. The van der Waals surface area contributed by atoms with Crippen molar-refractivity contribution in [3.05, 3.63) is 0 Å². The molecule has 10 atom stereocenters. The molecule has 4 aliphatic carbocycles. The molecule has 0 bridgehead atoms. The average Bonchev–Trinajstić information content (AvgIpc) is 3.05. The van der Waals surface area contributed by atoms with Gasteiger partial charge in [0.25, 0.3) is 0 Å². The third-order valence-corrected chi connectivity index (χ3v) is 11.2. The van der Waals surface area contributed by atoms with Crippen molar-refractivity contribution in [1.29, 1.82) is 0 Å². The zero-order chi connectivity index (χ0) is 24.2. The summed E-state index contributed by atoms with van der Waals surface area (Å²) in [5.41, 5.74) is 0.0163. The molecule has 4 nitrogen and oxygen atoms in total. The van der Waals surface area contributed by atoms with Gasteiger partial charge in [-0.2, -0.15) is 0 Å². The van der Waals surface area contributed by atoms with Gasteiger partial charge < -0.3 is 14.9 Å². The Bertz CT molecular complexity index is 713. The Kier molecular flexibility index (Phi) is 7.04. The van der Waals surface area contributed by atoms with Crippen LogP contribution in [0.1, 0.15) is 112 Å². The molecule has 0 aromatic carbocycles. The van der Waals surface area contributed by atoms with E-state index in [2.05, 4.69) is 20.8 Å². The molecule has 0 aromatic rings. The smallest absolute Gasteiger partial charge is 0.302 e. The summed E-state index contributed by atoms with van der Waals surface area (Å²) in [4.78, 5) is 11.5. The van der Waals surface area contributed by atoms with E-state index in [0.29, 0.717) is 23.2 Å². The molecule has 4 aliphatic rings. The number of carbonyl (C=O) groups excluding carboxylic acids is 1. The van der Waals surface area contributed by atoms with Crippen LogP contribution in [0.4, 0.5) is 0 Å². The van der Waals surface area contributed by atoms with E-state index in [-0.39, 0.29) is 29.5 Å². The lowest BCUT2D eigenvalue weighted by Crippen LogP contribution is -2.58. The topological polar surface area (TPSA) is 66.8 Å². The largest absolute Gasteiger partial charge is 0.463 e. The third kappa shape index (κ3) is 4.77. The highest BCUT2D eigenvalue weighted by Gasteiger charge is 2.62. The first-order chi connectivity index (χ1) is 15.3. The van der Waals surface area contributed by atoms with Gasteiger partial charge in [0, 0.05) is 6.92 Å². The van der Waals surface area contributed by atoms with Crippen LogP contribution in [0.3, 0.4) is 0 Å². The summed E-state index contributed by atoms with van der Waals surface area (Å²) < 4.78 is 5.58. The maximum Gasteiger partial charge on any atom is 0.302 e. The highest BCUT2D eigenvalue weighted by molar-refractivity contribution is 5.66. The molecule has 4 fully saturated rings. The molecule has 0 heterocycles. The molecule has 0 aromatic heterocycles. The Morgan fingerprint density at radius 3 is 2.36 bits per heavy atom. The van der Waals surface area contributed by atoms with Gasteiger partial charge in [0.2, 0.25) is 0 Å². The van der Waals surface area contributed by atoms with Crippen molar-refractivity contribution >= 4 is 5.97 Å². The second-order valence-electron chi connectivity index (χ2n) is 13.7. The molecule has 190 valence electrons. The summed E-state index contributed by atoms with van der Waals surface area (Å²) in [5, 5.41) is 21.5. The summed E-state index contributed by atoms with van der Waals surface area (Å²) in [5.74, 6) is 3.62. The number of hydrogen-bond acceptors (Lipinski definition) is 4. The van der Waals surface area contributed by atoms with Crippen LogP contribution in [0, 0.1) is 46.3 Å². The predicted molar refractivity (Wildman–Crippen MR) is 131 cm³/mol. The monoisotopic (exact) mass is 462 g/mol. The molecule has 4 rings (SSSR count). The number of aliphatic hydroxyl groups is 2. The molecule has 0 aliphatic heterocycles. The molecule has 2 unspecified atom stereocenters. The molecule has 33 heavy (non-hydrogen) atoms. The Labute approximate surface area is 202 Å². The fraction of sp³-hybridized carbons (Fsp3) is 0.966. The first-order valence-corrected chi connectivity index (χ1v) is 13.9. The van der Waals surface area contributed by atoms with Gasteiger partial charge in [-0.05, 0) is 118 Å². The molecule has 0 spiro atoms. The van der Waals surface area contributed by atoms with Crippen LogP contribution in [0.25, 0.3) is 0 Å². The number of ether oxygens (including phenoxy) is 1. The van der Waals surface area contributed by atoms with E-state index in [1.165, 1.54) is 39.0 Å². The lowest BCUT2D eigenvalue weighted by molar-refractivity contribution is -0.182. The van der Waals surface area contributed by atoms with Crippen LogP contribution in [0.15, 0.2) is 0 Å². The van der Waals surface area contributed by atoms with Crippen LogP contribution in [0.2, 0.25) is 0 Å². The number of rotatable bonds is 6. The SMILES string of the molecule is CC(=O)O[C@H]1CC[C@@]2(C)C(C1)C(O)C[C@H]1[C@@H]3CC[C@H]([C@H](C)CCCC(C)(C)O)[C@@]3(C)CC[C@@H]12. The predicted octanol–water partition coefficient (Wildman–Crippen LogP) is 6.13. The van der Waals surface area contributed by atoms with E-state index in [4.69, 9.17) is 4.74 Å². The van der Waals surface area contributed by atoms with Gasteiger partial charge in [-0.15, -0.1) is 0 Å². The van der Waals surface area contributed by atoms with Gasteiger partial charge in [0.15, 0.2) is 0 Å². The summed E-state index contributed by atoms with van der Waals surface area (Å²) in [6.45, 7) is 12.8. The van der Waals surface area contributed by atoms with Gasteiger partial charge in [0.05, 0.1) is 11.7 Å². The zero-order valence-corrected chi connectivity index (χ0v) is 22.1. The lowest BCUT2D eigenvalue weighted by atomic mass is 9.43. The molecule has 4 saturated carbocycles. The maximum absolute atomic E-state index is 11.5. The Morgan fingerprint density at radius 2 is 1.70 bits per heavy atom. The number of carbonyl (C=O) groups is 1. The minimum absolute atomic E-state index is 0.0127. The Hall–Kier alpha value is -0.610. The van der Waals surface area contributed by atoms with Gasteiger partial charge in [-0.25, -0.2) is 0 Å². The second-order valence-corrected chi connectivity index (χ2v) is 13.7. The van der Waals surface area contributed by atoms with Crippen LogP contribution < -0.4 is 0 Å². The summed E-state index contributed by atoms with van der Waals surface area (Å²) in [7, 11) is 0. The summed E-state index contributed by atoms with van der Waals surface area (Å²) in [6, 6.07) is 0. The van der Waals surface area contributed by atoms with Crippen LogP contribution in [-0.4, -0.2) is 34.0 Å². The van der Waals surface area contributed by atoms with Crippen LogP contribution in [-0.2, 0) is 9.53 Å². The minimum atomic E-state index is -0.557. The highest BCUT2D eigenvalue weighted by atomic mass is 16.5. The molecule has 0 amide bonds. The Morgan fingerprint density at radius 1 is 1.03 bits per heavy atom. The van der Waals surface area contributed by atoms with Gasteiger partial charge in [-0.3, -0.25) is 4.79 Å². The molecule has 2 N–H and O–H groups in total. The summed E-state index contributed by atoms with van der Waals surface area (Å²) >= 11 is 0. The summed E-state index contributed by atoms with van der Waals surface area (Å²) in [6.07, 6.45) is 12.0. The van der Waals surface area contributed by atoms with Crippen molar-refractivity contribution in [1.82, 2.24) is 0 Å². The van der Waals surface area contributed by atoms with Gasteiger partial charge >= 0.3 is 5.97 Å². The average molecular weight is 463 g/mol. The molecule has 0 saturated heterocycles. The van der Waals surface area contributed by atoms with Crippen molar-refractivity contribution < 1.29 is 19.7 Å². The molecular formula is C29H50O4. The molecule has 4 heteroatoms. The first-order valence-electron chi connectivity index (χ1n) is 13.9. The normalized spacial score (nSPS) is 46.1. The quantitative estimate of drug-likeness (QED) is 0.466. The minimum Gasteiger partial charge on any atom is -0.463 e. The van der Waals surface area contributed by atoms with Crippen molar-refractivity contribution in [2.24, 2.45) is 46.3 Å². The number of hydrogen-bond donors (Lipinski definition) is 2. The second kappa shape index (κ2) is 9.12. The molecular weight excluding hydrogens is 412 g/mol. The standard InChI is InChI=1S/C29H50O4/c1-18(8-7-13-27(3,4)32)22-9-10-23-21-17-26(31)25-16-20(33-19(2)30)11-14-29(25,6)24(21)12-15-28(22,23)5/h18,20-26,31-32H,7-17H2,1-6H3/t18-,20+,21+,22-,23+,24+,25?,26?,28-,29-/m1/s1. The van der Waals surface area contributed by atoms with Crippen molar-refractivity contribution in [3.63, 3.8) is 0 Å². The van der Waals surface area contributed by atoms with Crippen molar-refractivity contribution in [2.75, 3.05) is 0 Å². The first kappa shape index (κ1) is 25.5. The number of esters is 1. The maximum atomic E-state index is 11.5. The number of aliphatic hydroxyl groups excluding tert-OH is 1. The van der Waals surface area contributed by atoms with Crippen molar-refractivity contribution in [3.8, 4) is 0 Å². The fourth-order valence-corrected chi connectivity index (χ4v) is 9.64. The van der Waals surface area contributed by atoms with Gasteiger partial charge in [-0.1, -0.05) is 33.6 Å². The number of fused-ring (bicyclic) bond motifs is 5. The van der Waals surface area contributed by atoms with E-state index in [1.807, 2.05) is 13.8 Å². The molecule has 0 radical (unpaired) electrons.